The van der Waals surface area contributed by atoms with E-state index in [1.165, 1.54) is 12.7 Å². The van der Waals surface area contributed by atoms with Gasteiger partial charge in [-0.05, 0) is 30.5 Å². The van der Waals surface area contributed by atoms with Crippen molar-refractivity contribution in [1.82, 2.24) is 4.90 Å². The summed E-state index contributed by atoms with van der Waals surface area (Å²) >= 11 is 0. The molecule has 0 aliphatic carbocycles. The lowest BCUT2D eigenvalue weighted by Gasteiger charge is -2.19. The highest BCUT2D eigenvalue weighted by Gasteiger charge is 2.13. The third kappa shape index (κ3) is 5.31. The van der Waals surface area contributed by atoms with Crippen LogP contribution in [0.25, 0.3) is 0 Å². The van der Waals surface area contributed by atoms with Crippen LogP contribution >= 0.6 is 0 Å². The fourth-order valence-electron chi connectivity index (χ4n) is 2.59. The van der Waals surface area contributed by atoms with E-state index in [2.05, 4.69) is 21.8 Å². The summed E-state index contributed by atoms with van der Waals surface area (Å²) in [5.41, 5.74) is 2.24. The maximum Gasteiger partial charge on any atom is 0.309 e. The van der Waals surface area contributed by atoms with Gasteiger partial charge in [-0.15, -0.1) is 0 Å². The molecule has 4 heteroatoms. The molecule has 1 heterocycles. The van der Waals surface area contributed by atoms with Crippen molar-refractivity contribution >= 4 is 11.8 Å². The van der Waals surface area contributed by atoms with Gasteiger partial charge in [-0.3, -0.25) is 9.59 Å². The Hall–Kier alpha value is -1.68. The minimum absolute atomic E-state index is 0.211. The number of esters is 1. The zero-order valence-electron chi connectivity index (χ0n) is 12.6. The van der Waals surface area contributed by atoms with Crippen LogP contribution in [0.3, 0.4) is 0 Å². The molecule has 21 heavy (non-hydrogen) atoms. The van der Waals surface area contributed by atoms with Crippen molar-refractivity contribution in [1.29, 1.82) is 0 Å². The van der Waals surface area contributed by atoms with Gasteiger partial charge in [0.1, 0.15) is 5.78 Å². The lowest BCUT2D eigenvalue weighted by atomic mass is 10.1. The summed E-state index contributed by atoms with van der Waals surface area (Å²) < 4.78 is 4.66. The van der Waals surface area contributed by atoms with E-state index in [0.717, 1.165) is 44.5 Å². The number of carbonyl (C=O) groups excluding carboxylic acids is 2. The molecule has 0 N–H and O–H groups in total. The number of hydrogen-bond acceptors (Lipinski definition) is 4. The Morgan fingerprint density at radius 1 is 1.14 bits per heavy atom. The van der Waals surface area contributed by atoms with E-state index in [9.17, 15) is 9.59 Å². The first-order valence-corrected chi connectivity index (χ1v) is 7.56. The van der Waals surface area contributed by atoms with E-state index in [1.54, 1.807) is 0 Å². The van der Waals surface area contributed by atoms with Crippen LogP contribution in [0.2, 0.25) is 0 Å². The van der Waals surface area contributed by atoms with Crippen molar-refractivity contribution in [2.45, 2.75) is 32.1 Å². The SMILES string of the molecule is COC(=O)Cc1ccc(CCN2CCCC(=O)CC2)cc1. The molecule has 0 amide bonds. The number of ether oxygens (including phenoxy) is 1. The molecule has 1 fully saturated rings. The van der Waals surface area contributed by atoms with Crippen molar-refractivity contribution < 1.29 is 14.3 Å². The Labute approximate surface area is 126 Å². The van der Waals surface area contributed by atoms with Crippen LogP contribution in [0.15, 0.2) is 24.3 Å². The van der Waals surface area contributed by atoms with E-state index in [1.807, 2.05) is 12.1 Å². The quantitative estimate of drug-likeness (QED) is 0.778. The topological polar surface area (TPSA) is 46.6 Å². The van der Waals surface area contributed by atoms with Gasteiger partial charge < -0.3 is 9.64 Å². The van der Waals surface area contributed by atoms with Crippen LogP contribution in [0.1, 0.15) is 30.4 Å². The van der Waals surface area contributed by atoms with Crippen molar-refractivity contribution in [3.63, 3.8) is 0 Å². The van der Waals surface area contributed by atoms with Gasteiger partial charge in [-0.1, -0.05) is 24.3 Å². The van der Waals surface area contributed by atoms with E-state index >= 15 is 0 Å². The normalized spacial score (nSPS) is 16.5. The van der Waals surface area contributed by atoms with Gasteiger partial charge in [0, 0.05) is 25.9 Å². The molecule has 0 atom stereocenters. The van der Waals surface area contributed by atoms with E-state index in [-0.39, 0.29) is 5.97 Å². The first-order valence-electron chi connectivity index (χ1n) is 7.56. The predicted molar refractivity (Wildman–Crippen MR) is 81.2 cm³/mol. The molecule has 1 aromatic carbocycles. The average Bonchev–Trinajstić information content (AvgIpc) is 2.71. The second kappa shape index (κ2) is 7.93. The van der Waals surface area contributed by atoms with Crippen LogP contribution in [0.5, 0.6) is 0 Å². The summed E-state index contributed by atoms with van der Waals surface area (Å²) in [7, 11) is 1.41. The minimum atomic E-state index is -0.211. The van der Waals surface area contributed by atoms with Crippen molar-refractivity contribution in [2.75, 3.05) is 26.7 Å². The van der Waals surface area contributed by atoms with Gasteiger partial charge in [0.2, 0.25) is 0 Å². The molecule has 2 rings (SSSR count). The standard InChI is InChI=1S/C17H23NO3/c1-21-17(20)13-15-6-4-14(5-7-15)8-11-18-10-2-3-16(19)9-12-18/h4-7H,2-3,8-13H2,1H3. The minimum Gasteiger partial charge on any atom is -0.469 e. The molecule has 4 nitrogen and oxygen atoms in total. The molecule has 114 valence electrons. The zero-order chi connectivity index (χ0) is 15.1. The third-order valence-electron chi connectivity index (χ3n) is 3.95. The number of ketones is 1. The van der Waals surface area contributed by atoms with Crippen LogP contribution in [-0.4, -0.2) is 43.4 Å². The number of hydrogen-bond donors (Lipinski definition) is 0. The smallest absolute Gasteiger partial charge is 0.309 e. The Morgan fingerprint density at radius 2 is 1.86 bits per heavy atom. The number of likely N-dealkylation sites (tertiary alicyclic amines) is 1. The van der Waals surface area contributed by atoms with Gasteiger partial charge in [0.15, 0.2) is 0 Å². The summed E-state index contributed by atoms with van der Waals surface area (Å²) in [4.78, 5) is 25.0. The van der Waals surface area contributed by atoms with Crippen molar-refractivity contribution in [3.05, 3.63) is 35.4 Å². The molecule has 0 aromatic heterocycles. The van der Waals surface area contributed by atoms with Gasteiger partial charge in [0.25, 0.3) is 0 Å². The van der Waals surface area contributed by atoms with Crippen molar-refractivity contribution in [2.24, 2.45) is 0 Å². The first-order chi connectivity index (χ1) is 10.2. The van der Waals surface area contributed by atoms with Crippen LogP contribution in [0.4, 0.5) is 0 Å². The molecule has 0 radical (unpaired) electrons. The molecule has 0 unspecified atom stereocenters. The zero-order valence-corrected chi connectivity index (χ0v) is 12.6. The van der Waals surface area contributed by atoms with Gasteiger partial charge in [0.05, 0.1) is 13.5 Å². The second-order valence-corrected chi connectivity index (χ2v) is 5.55. The number of benzene rings is 1. The number of methoxy groups -OCH3 is 1. The predicted octanol–water partition coefficient (Wildman–Crippen LogP) is 2.00. The fraction of sp³-hybridized carbons (Fsp3) is 0.529. The van der Waals surface area contributed by atoms with Crippen LogP contribution in [-0.2, 0) is 27.2 Å². The third-order valence-corrected chi connectivity index (χ3v) is 3.95. The van der Waals surface area contributed by atoms with Gasteiger partial charge in [-0.25, -0.2) is 0 Å². The molecular formula is C17H23NO3. The summed E-state index contributed by atoms with van der Waals surface area (Å²) in [5.74, 6) is 0.182. The molecular weight excluding hydrogens is 266 g/mol. The second-order valence-electron chi connectivity index (χ2n) is 5.55. The Balaban J connectivity index is 1.80. The highest BCUT2D eigenvalue weighted by Crippen LogP contribution is 2.10. The summed E-state index contributed by atoms with van der Waals surface area (Å²) in [6.07, 6.45) is 3.71. The Bertz CT molecular complexity index is 481. The molecule has 1 aliphatic heterocycles. The molecule has 0 spiro atoms. The molecule has 1 aliphatic rings. The molecule has 0 bridgehead atoms. The van der Waals surface area contributed by atoms with Gasteiger partial charge in [-0.2, -0.15) is 0 Å². The summed E-state index contributed by atoms with van der Waals surface area (Å²) in [5, 5.41) is 0. The number of rotatable bonds is 5. The van der Waals surface area contributed by atoms with E-state index in [4.69, 9.17) is 0 Å². The molecule has 1 aromatic rings. The molecule has 1 saturated heterocycles. The van der Waals surface area contributed by atoms with Crippen molar-refractivity contribution in [3.8, 4) is 0 Å². The fourth-order valence-corrected chi connectivity index (χ4v) is 2.59. The number of Topliss-reactive ketones (excluding diaryl/α,β-unsaturated/α-hetero) is 1. The highest BCUT2D eigenvalue weighted by molar-refractivity contribution is 5.78. The van der Waals surface area contributed by atoms with Gasteiger partial charge >= 0.3 is 5.97 Å². The first kappa shape index (κ1) is 15.7. The number of carbonyl (C=O) groups is 2. The molecule has 0 saturated carbocycles. The lowest BCUT2D eigenvalue weighted by molar-refractivity contribution is -0.139. The largest absolute Gasteiger partial charge is 0.469 e. The average molecular weight is 289 g/mol. The number of nitrogens with zero attached hydrogens (tertiary/aromatic N) is 1. The van der Waals surface area contributed by atoms with Crippen LogP contribution in [0, 0.1) is 0 Å². The van der Waals surface area contributed by atoms with E-state index < -0.39 is 0 Å². The monoisotopic (exact) mass is 289 g/mol. The maximum atomic E-state index is 11.4. The highest BCUT2D eigenvalue weighted by atomic mass is 16.5. The lowest BCUT2D eigenvalue weighted by Crippen LogP contribution is -2.27. The maximum absolute atomic E-state index is 11.4. The van der Waals surface area contributed by atoms with Crippen LogP contribution < -0.4 is 0 Å². The summed E-state index contributed by atoms with van der Waals surface area (Å²) in [6.45, 7) is 2.90. The Kier molecular flexibility index (Phi) is 5.93. The summed E-state index contributed by atoms with van der Waals surface area (Å²) in [6, 6.07) is 8.11. The Morgan fingerprint density at radius 3 is 2.57 bits per heavy atom. The van der Waals surface area contributed by atoms with E-state index in [0.29, 0.717) is 18.6 Å².